The third kappa shape index (κ3) is 2.94. The molecule has 0 aliphatic carbocycles. The fraction of sp³-hybridized carbons (Fsp3) is 0.211. The number of sulfonamides is 1. The summed E-state index contributed by atoms with van der Waals surface area (Å²) in [6.45, 7) is 3.35. The van der Waals surface area contributed by atoms with Crippen LogP contribution in [0.5, 0.6) is 0 Å². The Morgan fingerprint density at radius 1 is 1.04 bits per heavy atom. The fourth-order valence-electron chi connectivity index (χ4n) is 3.29. The van der Waals surface area contributed by atoms with Crippen molar-refractivity contribution in [1.82, 2.24) is 14.2 Å². The van der Waals surface area contributed by atoms with Crippen molar-refractivity contribution in [3.63, 3.8) is 0 Å². The standard InChI is InChI=1S/C19H19N3O3S/c1-14-6-8-17(9-7-14)26(24,25)20-19(23)21-10-11-22-16(13-21)12-15-4-2-3-5-18(15)22/h2-9,12H,10-11,13H2,1H3,(H,20,23). The molecule has 0 radical (unpaired) electrons. The molecule has 2 amide bonds. The second-order valence-corrected chi connectivity index (χ2v) is 8.17. The third-order valence-corrected chi connectivity index (χ3v) is 6.02. The lowest BCUT2D eigenvalue weighted by molar-refractivity contribution is 0.190. The van der Waals surface area contributed by atoms with Gasteiger partial charge in [-0.3, -0.25) is 0 Å². The second kappa shape index (κ2) is 6.17. The Bertz CT molecular complexity index is 1080. The highest BCUT2D eigenvalue weighted by molar-refractivity contribution is 7.90. The van der Waals surface area contributed by atoms with Crippen molar-refractivity contribution >= 4 is 27.0 Å². The molecule has 7 heteroatoms. The van der Waals surface area contributed by atoms with Crippen molar-refractivity contribution in [3.05, 3.63) is 65.9 Å². The Kier molecular flexibility index (Phi) is 3.96. The first-order valence-corrected chi connectivity index (χ1v) is 9.88. The van der Waals surface area contributed by atoms with Gasteiger partial charge >= 0.3 is 6.03 Å². The lowest BCUT2D eigenvalue weighted by Crippen LogP contribution is -2.45. The van der Waals surface area contributed by atoms with Crippen LogP contribution in [0.25, 0.3) is 10.9 Å². The lowest BCUT2D eigenvalue weighted by atomic mass is 10.2. The fourth-order valence-corrected chi connectivity index (χ4v) is 4.26. The van der Waals surface area contributed by atoms with E-state index < -0.39 is 16.1 Å². The topological polar surface area (TPSA) is 71.4 Å². The highest BCUT2D eigenvalue weighted by Crippen LogP contribution is 2.24. The van der Waals surface area contributed by atoms with Gasteiger partial charge in [0.15, 0.2) is 0 Å². The summed E-state index contributed by atoms with van der Waals surface area (Å²) in [5.41, 5.74) is 3.09. The van der Waals surface area contributed by atoms with Crippen molar-refractivity contribution in [3.8, 4) is 0 Å². The van der Waals surface area contributed by atoms with Crippen LogP contribution in [0.4, 0.5) is 4.79 Å². The number of aryl methyl sites for hydroxylation is 1. The first kappa shape index (κ1) is 16.7. The maximum Gasteiger partial charge on any atom is 0.331 e. The number of benzene rings is 2. The summed E-state index contributed by atoms with van der Waals surface area (Å²) in [6.07, 6.45) is 0. The number of hydrogen-bond donors (Lipinski definition) is 1. The zero-order chi connectivity index (χ0) is 18.3. The van der Waals surface area contributed by atoms with Crippen molar-refractivity contribution in [2.75, 3.05) is 6.54 Å². The van der Waals surface area contributed by atoms with E-state index >= 15 is 0 Å². The number of urea groups is 1. The zero-order valence-corrected chi connectivity index (χ0v) is 15.2. The Morgan fingerprint density at radius 2 is 1.77 bits per heavy atom. The first-order valence-electron chi connectivity index (χ1n) is 8.39. The lowest BCUT2D eigenvalue weighted by Gasteiger charge is -2.29. The van der Waals surface area contributed by atoms with E-state index in [1.54, 1.807) is 12.1 Å². The number of rotatable bonds is 2. The number of fused-ring (bicyclic) bond motifs is 3. The maximum atomic E-state index is 12.5. The minimum Gasteiger partial charge on any atom is -0.341 e. The van der Waals surface area contributed by atoms with E-state index in [1.807, 2.05) is 31.2 Å². The van der Waals surface area contributed by atoms with Crippen LogP contribution in [-0.2, 0) is 23.1 Å². The molecule has 2 aromatic carbocycles. The summed E-state index contributed by atoms with van der Waals surface area (Å²) in [7, 11) is -3.88. The Labute approximate surface area is 152 Å². The smallest absolute Gasteiger partial charge is 0.331 e. The summed E-state index contributed by atoms with van der Waals surface area (Å²) >= 11 is 0. The number of carbonyl (C=O) groups excluding carboxylic acids is 1. The van der Waals surface area contributed by atoms with E-state index in [9.17, 15) is 13.2 Å². The monoisotopic (exact) mass is 369 g/mol. The predicted molar refractivity (Wildman–Crippen MR) is 99.2 cm³/mol. The molecule has 0 fully saturated rings. The molecule has 0 spiro atoms. The number of nitrogens with one attached hydrogen (secondary N) is 1. The van der Waals surface area contributed by atoms with Gasteiger partial charge in [-0.25, -0.2) is 17.9 Å². The van der Waals surface area contributed by atoms with Crippen molar-refractivity contribution in [2.24, 2.45) is 0 Å². The summed E-state index contributed by atoms with van der Waals surface area (Å²) in [5.74, 6) is 0. The van der Waals surface area contributed by atoms with Gasteiger partial charge in [0.05, 0.1) is 11.4 Å². The van der Waals surface area contributed by atoms with Crippen LogP contribution >= 0.6 is 0 Å². The molecule has 1 N–H and O–H groups in total. The molecule has 1 aliphatic rings. The second-order valence-electron chi connectivity index (χ2n) is 6.49. The largest absolute Gasteiger partial charge is 0.341 e. The molecule has 1 aliphatic heterocycles. The first-order chi connectivity index (χ1) is 12.4. The maximum absolute atomic E-state index is 12.5. The molecule has 6 nitrogen and oxygen atoms in total. The van der Waals surface area contributed by atoms with Crippen LogP contribution in [0, 0.1) is 6.92 Å². The van der Waals surface area contributed by atoms with Gasteiger partial charge in [-0.05, 0) is 36.6 Å². The van der Waals surface area contributed by atoms with E-state index in [2.05, 4.69) is 15.4 Å². The quantitative estimate of drug-likeness (QED) is 0.755. The van der Waals surface area contributed by atoms with Crippen molar-refractivity contribution in [2.45, 2.75) is 24.9 Å². The van der Waals surface area contributed by atoms with Gasteiger partial charge in [0.25, 0.3) is 10.0 Å². The Hall–Kier alpha value is -2.80. The molecule has 3 aromatic rings. The molecule has 0 atom stereocenters. The van der Waals surface area contributed by atoms with Crippen molar-refractivity contribution in [1.29, 1.82) is 0 Å². The van der Waals surface area contributed by atoms with Gasteiger partial charge in [0.1, 0.15) is 0 Å². The number of nitrogens with zero attached hydrogens (tertiary/aromatic N) is 2. The van der Waals surface area contributed by atoms with E-state index in [1.165, 1.54) is 17.0 Å². The molecule has 2 heterocycles. The highest BCUT2D eigenvalue weighted by Gasteiger charge is 2.26. The average Bonchev–Trinajstić information content (AvgIpc) is 2.99. The Balaban J connectivity index is 1.53. The van der Waals surface area contributed by atoms with Gasteiger partial charge in [-0.2, -0.15) is 0 Å². The minimum atomic E-state index is -3.88. The average molecular weight is 369 g/mol. The summed E-state index contributed by atoms with van der Waals surface area (Å²) in [5, 5.41) is 1.12. The van der Waals surface area contributed by atoms with Crippen LogP contribution in [0.2, 0.25) is 0 Å². The highest BCUT2D eigenvalue weighted by atomic mass is 32.2. The molecule has 0 bridgehead atoms. The molecule has 0 unspecified atom stereocenters. The molecule has 0 saturated carbocycles. The number of hydrogen-bond acceptors (Lipinski definition) is 3. The van der Waals surface area contributed by atoms with E-state index in [-0.39, 0.29) is 4.90 Å². The molecule has 1 aromatic heterocycles. The molecular weight excluding hydrogens is 350 g/mol. The predicted octanol–water partition coefficient (Wildman–Crippen LogP) is 2.86. The van der Waals surface area contributed by atoms with Crippen molar-refractivity contribution < 1.29 is 13.2 Å². The van der Waals surface area contributed by atoms with Gasteiger partial charge < -0.3 is 9.47 Å². The zero-order valence-electron chi connectivity index (χ0n) is 14.3. The van der Waals surface area contributed by atoms with E-state index in [0.29, 0.717) is 19.6 Å². The normalized spacial score (nSPS) is 14.3. The van der Waals surface area contributed by atoms with Crippen LogP contribution < -0.4 is 4.72 Å². The molecular formula is C19H19N3O3S. The van der Waals surface area contributed by atoms with Gasteiger partial charge in [-0.15, -0.1) is 0 Å². The Morgan fingerprint density at radius 3 is 2.54 bits per heavy atom. The van der Waals surface area contributed by atoms with E-state index in [0.717, 1.165) is 22.2 Å². The van der Waals surface area contributed by atoms with Crippen LogP contribution in [0.3, 0.4) is 0 Å². The van der Waals surface area contributed by atoms with Crippen LogP contribution in [0.1, 0.15) is 11.3 Å². The number of para-hydroxylation sites is 1. The number of amides is 2. The van der Waals surface area contributed by atoms with E-state index in [4.69, 9.17) is 0 Å². The summed E-state index contributed by atoms with van der Waals surface area (Å²) in [6, 6.07) is 15.9. The molecule has 4 rings (SSSR count). The van der Waals surface area contributed by atoms with Gasteiger partial charge in [-0.1, -0.05) is 35.9 Å². The van der Waals surface area contributed by atoms with Crippen LogP contribution in [0.15, 0.2) is 59.5 Å². The van der Waals surface area contributed by atoms with Crippen LogP contribution in [-0.4, -0.2) is 30.5 Å². The number of carbonyl (C=O) groups is 1. The molecule has 0 saturated heterocycles. The molecule has 26 heavy (non-hydrogen) atoms. The third-order valence-electron chi connectivity index (χ3n) is 4.68. The van der Waals surface area contributed by atoms with Gasteiger partial charge in [0.2, 0.25) is 0 Å². The summed E-state index contributed by atoms with van der Waals surface area (Å²) in [4.78, 5) is 14.1. The minimum absolute atomic E-state index is 0.0857. The number of aromatic nitrogens is 1. The molecule has 134 valence electrons. The summed E-state index contributed by atoms with van der Waals surface area (Å²) < 4.78 is 29.2. The SMILES string of the molecule is Cc1ccc(S(=O)(=O)NC(=O)N2CCn3c(cc4ccccc43)C2)cc1. The van der Waals surface area contributed by atoms with Gasteiger partial charge in [0, 0.05) is 24.3 Å².